The smallest absolute Gasteiger partial charge is 0.220 e. The quantitative estimate of drug-likeness (QED) is 0.477. The molecule has 1 fully saturated rings. The molecule has 29 heavy (non-hydrogen) atoms. The van der Waals surface area contributed by atoms with Gasteiger partial charge in [0.2, 0.25) is 5.91 Å². The summed E-state index contributed by atoms with van der Waals surface area (Å²) in [6, 6.07) is 7.82. The number of hydrogen-bond donors (Lipinski definition) is 3. The number of nitrogens with one attached hydrogen (secondary N) is 1. The van der Waals surface area contributed by atoms with Crippen molar-refractivity contribution in [2.45, 2.75) is 31.6 Å². The molecule has 0 aliphatic heterocycles. The monoisotopic (exact) mass is 408 g/mol. The lowest BCUT2D eigenvalue weighted by molar-refractivity contribution is -0.122. The van der Waals surface area contributed by atoms with E-state index in [1.54, 1.807) is 6.20 Å². The van der Waals surface area contributed by atoms with Gasteiger partial charge in [-0.15, -0.1) is 0 Å². The van der Waals surface area contributed by atoms with E-state index in [1.807, 2.05) is 34.9 Å². The fourth-order valence-electron chi connectivity index (χ4n) is 4.45. The summed E-state index contributed by atoms with van der Waals surface area (Å²) in [7, 11) is 0. The summed E-state index contributed by atoms with van der Waals surface area (Å²) >= 11 is 6.34. The second-order valence-electron chi connectivity index (χ2n) is 7.69. The van der Waals surface area contributed by atoms with E-state index < -0.39 is 0 Å². The Kier molecular flexibility index (Phi) is 4.20. The van der Waals surface area contributed by atoms with Gasteiger partial charge in [-0.3, -0.25) is 9.20 Å². The number of halogens is 1. The average molecular weight is 409 g/mol. The van der Waals surface area contributed by atoms with Gasteiger partial charge in [0.25, 0.3) is 0 Å². The molecule has 4 aromatic rings. The van der Waals surface area contributed by atoms with E-state index in [0.717, 1.165) is 59.3 Å². The molecule has 5 rings (SSSR count). The van der Waals surface area contributed by atoms with Crippen molar-refractivity contribution in [2.24, 2.45) is 11.7 Å². The number of nitrogen functional groups attached to an aromatic ring is 1. The zero-order valence-electron chi connectivity index (χ0n) is 15.7. The molecule has 5 N–H and O–H groups in total. The van der Waals surface area contributed by atoms with Crippen LogP contribution in [0, 0.1) is 5.92 Å². The van der Waals surface area contributed by atoms with Crippen molar-refractivity contribution < 1.29 is 4.79 Å². The van der Waals surface area contributed by atoms with E-state index >= 15 is 0 Å². The molecule has 1 aromatic carbocycles. The Labute approximate surface area is 172 Å². The molecule has 0 unspecified atom stereocenters. The predicted octanol–water partition coefficient (Wildman–Crippen LogP) is 3.87. The first-order chi connectivity index (χ1) is 14.0. The molecule has 0 saturated heterocycles. The maximum atomic E-state index is 11.5. The number of amides is 1. The Morgan fingerprint density at radius 2 is 2.03 bits per heavy atom. The van der Waals surface area contributed by atoms with Crippen LogP contribution in [0.5, 0.6) is 0 Å². The van der Waals surface area contributed by atoms with Crippen molar-refractivity contribution >= 4 is 39.7 Å². The van der Waals surface area contributed by atoms with Crippen LogP contribution in [0.25, 0.3) is 27.8 Å². The molecule has 1 aliphatic carbocycles. The van der Waals surface area contributed by atoms with Crippen LogP contribution in [0.15, 0.2) is 36.7 Å². The Morgan fingerprint density at radius 1 is 1.24 bits per heavy atom. The van der Waals surface area contributed by atoms with Crippen molar-refractivity contribution in [2.75, 3.05) is 5.73 Å². The molecule has 3 aromatic heterocycles. The number of benzene rings is 1. The molecule has 148 valence electrons. The number of nitrogens with two attached hydrogens (primary N) is 2. The summed E-state index contributed by atoms with van der Waals surface area (Å²) in [6.07, 6.45) is 6.89. The molecule has 1 amide bonds. The molecular weight excluding hydrogens is 388 g/mol. The van der Waals surface area contributed by atoms with Crippen LogP contribution in [-0.4, -0.2) is 25.3 Å². The molecule has 3 heterocycles. The number of imidazole rings is 1. The Hall–Kier alpha value is -3.06. The normalized spacial score (nSPS) is 19.8. The Balaban J connectivity index is 1.63. The molecule has 1 aliphatic rings. The summed E-state index contributed by atoms with van der Waals surface area (Å²) in [5.41, 5.74) is 15.0. The minimum Gasteiger partial charge on any atom is -0.382 e. The molecule has 0 spiro atoms. The minimum atomic E-state index is -0.208. The van der Waals surface area contributed by atoms with E-state index in [0.29, 0.717) is 10.8 Å². The highest BCUT2D eigenvalue weighted by atomic mass is 35.5. The Morgan fingerprint density at radius 3 is 2.76 bits per heavy atom. The molecule has 0 atom stereocenters. The van der Waals surface area contributed by atoms with E-state index in [1.165, 1.54) is 0 Å². The van der Waals surface area contributed by atoms with Crippen LogP contribution in [0.3, 0.4) is 0 Å². The second-order valence-corrected chi connectivity index (χ2v) is 8.09. The molecule has 1 saturated carbocycles. The number of aromatic amines is 1. The third-order valence-corrected chi connectivity index (χ3v) is 6.28. The number of fused-ring (bicyclic) bond motifs is 2. The highest BCUT2D eigenvalue weighted by Crippen LogP contribution is 2.39. The van der Waals surface area contributed by atoms with Gasteiger partial charge in [0, 0.05) is 29.6 Å². The summed E-state index contributed by atoms with van der Waals surface area (Å²) in [6.45, 7) is 0. The number of rotatable bonds is 3. The van der Waals surface area contributed by atoms with Crippen molar-refractivity contribution in [3.8, 4) is 11.4 Å². The first-order valence-corrected chi connectivity index (χ1v) is 10.1. The third-order valence-electron chi connectivity index (χ3n) is 5.97. The van der Waals surface area contributed by atoms with Gasteiger partial charge < -0.3 is 16.5 Å². The molecule has 8 heteroatoms. The SMILES string of the molecule is Nc1nccn2c1c(-c1cc3cccc(Cl)c3[nH]1)nc2[C@H]1CC[C@H](C(N)=O)CC1. The summed E-state index contributed by atoms with van der Waals surface area (Å²) < 4.78 is 2.03. The number of carbonyl (C=O) groups is 1. The lowest BCUT2D eigenvalue weighted by atomic mass is 9.81. The van der Waals surface area contributed by atoms with Gasteiger partial charge >= 0.3 is 0 Å². The number of para-hydroxylation sites is 1. The van der Waals surface area contributed by atoms with Gasteiger partial charge in [-0.2, -0.15) is 0 Å². The van der Waals surface area contributed by atoms with Crippen molar-refractivity contribution in [1.29, 1.82) is 0 Å². The van der Waals surface area contributed by atoms with Crippen molar-refractivity contribution in [3.05, 3.63) is 47.5 Å². The number of primary amides is 1. The van der Waals surface area contributed by atoms with Gasteiger partial charge in [0.15, 0.2) is 0 Å². The van der Waals surface area contributed by atoms with Gasteiger partial charge in [0.05, 0.1) is 16.2 Å². The predicted molar refractivity (Wildman–Crippen MR) is 114 cm³/mol. The fourth-order valence-corrected chi connectivity index (χ4v) is 4.67. The zero-order valence-corrected chi connectivity index (χ0v) is 16.5. The number of H-pyrrole nitrogens is 1. The number of nitrogens with zero attached hydrogens (tertiary/aromatic N) is 3. The number of anilines is 1. The summed E-state index contributed by atoms with van der Waals surface area (Å²) in [5, 5.41) is 1.67. The van der Waals surface area contributed by atoms with Gasteiger partial charge in [-0.05, 0) is 37.8 Å². The Bertz CT molecular complexity index is 1230. The maximum absolute atomic E-state index is 11.5. The van der Waals surface area contributed by atoms with Crippen LogP contribution in [0.4, 0.5) is 5.82 Å². The third kappa shape index (κ3) is 2.93. The van der Waals surface area contributed by atoms with Crippen molar-refractivity contribution in [1.82, 2.24) is 19.4 Å². The zero-order chi connectivity index (χ0) is 20.1. The molecule has 7 nitrogen and oxygen atoms in total. The lowest BCUT2D eigenvalue weighted by Gasteiger charge is -2.25. The molecule has 0 radical (unpaired) electrons. The molecular formula is C21H21ClN6O. The van der Waals surface area contributed by atoms with Gasteiger partial charge in [0.1, 0.15) is 22.9 Å². The van der Waals surface area contributed by atoms with Crippen LogP contribution in [-0.2, 0) is 4.79 Å². The van der Waals surface area contributed by atoms with E-state index in [9.17, 15) is 4.79 Å². The summed E-state index contributed by atoms with van der Waals surface area (Å²) in [4.78, 5) is 24.2. The van der Waals surface area contributed by atoms with E-state index in [-0.39, 0.29) is 17.7 Å². The maximum Gasteiger partial charge on any atom is 0.220 e. The first-order valence-electron chi connectivity index (χ1n) is 9.72. The highest BCUT2D eigenvalue weighted by Gasteiger charge is 2.29. The summed E-state index contributed by atoms with van der Waals surface area (Å²) in [5.74, 6) is 1.36. The van der Waals surface area contributed by atoms with Crippen LogP contribution >= 0.6 is 11.6 Å². The minimum absolute atomic E-state index is 0.0421. The van der Waals surface area contributed by atoms with Gasteiger partial charge in [-0.25, -0.2) is 9.97 Å². The average Bonchev–Trinajstić information content (AvgIpc) is 3.31. The topological polar surface area (TPSA) is 115 Å². The first kappa shape index (κ1) is 18.0. The number of carbonyl (C=O) groups excluding carboxylic acids is 1. The standard InChI is InChI=1S/C21H21ClN6O/c22-14-3-1-2-13-10-15(26-16(13)14)17-18-19(23)25-8-9-28(18)21(27-17)12-6-4-11(5-7-12)20(24)29/h1-3,8-12,26H,4-7H2,(H2,23,25)(H2,24,29)/t11-,12-. The number of hydrogen-bond acceptors (Lipinski definition) is 4. The van der Waals surface area contributed by atoms with Crippen LogP contribution in [0.1, 0.15) is 37.4 Å². The lowest BCUT2D eigenvalue weighted by Crippen LogP contribution is -2.27. The number of aromatic nitrogens is 4. The largest absolute Gasteiger partial charge is 0.382 e. The van der Waals surface area contributed by atoms with E-state index in [2.05, 4.69) is 9.97 Å². The highest BCUT2D eigenvalue weighted by molar-refractivity contribution is 6.35. The van der Waals surface area contributed by atoms with Crippen molar-refractivity contribution in [3.63, 3.8) is 0 Å². The van der Waals surface area contributed by atoms with Crippen LogP contribution < -0.4 is 11.5 Å². The van der Waals surface area contributed by atoms with Crippen LogP contribution in [0.2, 0.25) is 5.02 Å². The van der Waals surface area contributed by atoms with Gasteiger partial charge in [-0.1, -0.05) is 23.7 Å². The second kappa shape index (κ2) is 6.77. The van der Waals surface area contributed by atoms with E-state index in [4.69, 9.17) is 28.1 Å². The fraction of sp³-hybridized carbons (Fsp3) is 0.286. The molecule has 0 bridgehead atoms.